The number of hydrogen-bond acceptors (Lipinski definition) is 3. The van der Waals surface area contributed by atoms with Crippen LogP contribution in [0.25, 0.3) is 0 Å². The van der Waals surface area contributed by atoms with Gasteiger partial charge in [-0.3, -0.25) is 9.20 Å². The lowest BCUT2D eigenvalue weighted by atomic mass is 9.95. The smallest absolute Gasteiger partial charge is 0.191 e. The molecule has 0 heterocycles. The highest BCUT2D eigenvalue weighted by Gasteiger charge is 2.26. The summed E-state index contributed by atoms with van der Waals surface area (Å²) in [6.45, 7) is 5.56. The minimum atomic E-state index is -0.715. The predicted molar refractivity (Wildman–Crippen MR) is 122 cm³/mol. The maximum absolute atomic E-state index is 12.2. The number of rotatable bonds is 8. The van der Waals surface area contributed by atoms with Crippen molar-refractivity contribution in [3.63, 3.8) is 0 Å². The van der Waals surface area contributed by atoms with Crippen molar-refractivity contribution >= 4 is 28.4 Å². The van der Waals surface area contributed by atoms with Crippen molar-refractivity contribution in [1.29, 1.82) is 0 Å². The van der Waals surface area contributed by atoms with Crippen LogP contribution in [0.3, 0.4) is 0 Å². The Morgan fingerprint density at radius 2 is 2.00 bits per heavy atom. The number of guanidine groups is 1. The average molecular weight is 427 g/mol. The van der Waals surface area contributed by atoms with Crippen molar-refractivity contribution < 1.29 is 4.21 Å². The molecule has 1 aromatic carbocycles. The van der Waals surface area contributed by atoms with E-state index in [2.05, 4.69) is 48.7 Å². The normalized spacial score (nSPS) is 22.7. The molecule has 0 saturated heterocycles. The first-order chi connectivity index (χ1) is 13.4. The SMILES string of the molecule is CCNC(=NCC(c1ccc(Cl)cc1)N(C)C)NC1CCCC(S(=O)CC)C1. The number of nitrogens with zero attached hydrogens (tertiary/aromatic N) is 2. The molecule has 0 bridgehead atoms. The molecule has 1 saturated carbocycles. The van der Waals surface area contributed by atoms with Crippen LogP contribution >= 0.6 is 11.6 Å². The second-order valence-corrected chi connectivity index (χ2v) is 9.99. The van der Waals surface area contributed by atoms with E-state index in [-0.39, 0.29) is 6.04 Å². The lowest BCUT2D eigenvalue weighted by molar-refractivity contribution is 0.306. The summed E-state index contributed by atoms with van der Waals surface area (Å²) in [7, 11) is 3.43. The summed E-state index contributed by atoms with van der Waals surface area (Å²) in [5.74, 6) is 1.59. The van der Waals surface area contributed by atoms with Gasteiger partial charge in [-0.1, -0.05) is 37.1 Å². The van der Waals surface area contributed by atoms with Gasteiger partial charge in [0.05, 0.1) is 12.6 Å². The van der Waals surface area contributed by atoms with Crippen molar-refractivity contribution in [2.75, 3.05) is 32.9 Å². The zero-order valence-corrected chi connectivity index (χ0v) is 19.2. The minimum Gasteiger partial charge on any atom is -0.357 e. The van der Waals surface area contributed by atoms with Gasteiger partial charge < -0.3 is 15.5 Å². The molecule has 7 heteroatoms. The fourth-order valence-corrected chi connectivity index (χ4v) is 5.17. The Morgan fingerprint density at radius 1 is 1.29 bits per heavy atom. The summed E-state index contributed by atoms with van der Waals surface area (Å²) in [5.41, 5.74) is 1.20. The van der Waals surface area contributed by atoms with Gasteiger partial charge in [0.1, 0.15) is 0 Å². The maximum Gasteiger partial charge on any atom is 0.191 e. The molecule has 1 fully saturated rings. The van der Waals surface area contributed by atoms with E-state index in [4.69, 9.17) is 16.6 Å². The van der Waals surface area contributed by atoms with Gasteiger partial charge in [0.2, 0.25) is 0 Å². The van der Waals surface area contributed by atoms with Crippen LogP contribution in [0.4, 0.5) is 0 Å². The molecule has 1 aromatic rings. The second kappa shape index (κ2) is 11.8. The molecule has 2 rings (SSSR count). The molecule has 0 radical (unpaired) electrons. The molecule has 1 aliphatic rings. The van der Waals surface area contributed by atoms with E-state index in [9.17, 15) is 4.21 Å². The monoisotopic (exact) mass is 426 g/mol. The summed E-state index contributed by atoms with van der Waals surface area (Å²) >= 11 is 6.03. The van der Waals surface area contributed by atoms with Crippen LogP contribution in [-0.2, 0) is 10.8 Å². The number of hydrogen-bond donors (Lipinski definition) is 2. The van der Waals surface area contributed by atoms with E-state index in [1.165, 1.54) is 5.56 Å². The number of nitrogens with one attached hydrogen (secondary N) is 2. The maximum atomic E-state index is 12.2. The van der Waals surface area contributed by atoms with Crippen molar-refractivity contribution in [3.8, 4) is 0 Å². The third-order valence-electron chi connectivity index (χ3n) is 5.27. The average Bonchev–Trinajstić information content (AvgIpc) is 2.69. The largest absolute Gasteiger partial charge is 0.357 e. The summed E-state index contributed by atoms with van der Waals surface area (Å²) in [6.07, 6.45) is 4.26. The summed E-state index contributed by atoms with van der Waals surface area (Å²) in [5, 5.41) is 8.01. The lowest BCUT2D eigenvalue weighted by Crippen LogP contribution is -2.47. The quantitative estimate of drug-likeness (QED) is 0.492. The Balaban J connectivity index is 2.05. The minimum absolute atomic E-state index is 0.180. The molecule has 4 atom stereocenters. The zero-order valence-electron chi connectivity index (χ0n) is 17.6. The van der Waals surface area contributed by atoms with Crippen molar-refractivity contribution in [1.82, 2.24) is 15.5 Å². The Hall–Kier alpha value is -1.11. The van der Waals surface area contributed by atoms with Gasteiger partial charge in [-0.2, -0.15) is 0 Å². The topological polar surface area (TPSA) is 56.7 Å². The number of likely N-dealkylation sites (N-methyl/N-ethyl adjacent to an activating group) is 1. The van der Waals surface area contributed by atoms with Gasteiger partial charge in [0.15, 0.2) is 5.96 Å². The van der Waals surface area contributed by atoms with Gasteiger partial charge in [-0.15, -0.1) is 0 Å². The molecule has 5 nitrogen and oxygen atoms in total. The van der Waals surface area contributed by atoms with Crippen LogP contribution in [-0.4, -0.2) is 59.3 Å². The number of benzene rings is 1. The van der Waals surface area contributed by atoms with Crippen molar-refractivity contribution in [3.05, 3.63) is 34.9 Å². The zero-order chi connectivity index (χ0) is 20.5. The lowest BCUT2D eigenvalue weighted by Gasteiger charge is -2.30. The molecule has 28 heavy (non-hydrogen) atoms. The van der Waals surface area contributed by atoms with Crippen molar-refractivity contribution in [2.45, 2.75) is 56.9 Å². The molecule has 0 aromatic heterocycles. The van der Waals surface area contributed by atoms with Crippen LogP contribution in [0.1, 0.15) is 51.1 Å². The van der Waals surface area contributed by atoms with E-state index in [0.717, 1.165) is 49.0 Å². The molecule has 2 N–H and O–H groups in total. The number of aliphatic imine (C=N–C) groups is 1. The Labute approximate surface area is 177 Å². The third-order valence-corrected chi connectivity index (χ3v) is 7.26. The van der Waals surface area contributed by atoms with Gasteiger partial charge in [0.25, 0.3) is 0 Å². The Bertz CT molecular complexity index is 650. The first kappa shape index (κ1) is 23.2. The van der Waals surface area contributed by atoms with Gasteiger partial charge >= 0.3 is 0 Å². The van der Waals surface area contributed by atoms with E-state index in [1.54, 1.807) is 0 Å². The fraction of sp³-hybridized carbons (Fsp3) is 0.667. The highest BCUT2D eigenvalue weighted by Crippen LogP contribution is 2.23. The van der Waals surface area contributed by atoms with E-state index < -0.39 is 10.8 Å². The van der Waals surface area contributed by atoms with Gasteiger partial charge in [-0.25, -0.2) is 0 Å². The van der Waals surface area contributed by atoms with Crippen molar-refractivity contribution in [2.24, 2.45) is 4.99 Å². The molecule has 0 aliphatic heterocycles. The molecule has 1 aliphatic carbocycles. The first-order valence-corrected chi connectivity index (χ1v) is 12.0. The van der Waals surface area contributed by atoms with Crippen LogP contribution in [0.2, 0.25) is 5.02 Å². The molecule has 4 unspecified atom stereocenters. The number of halogens is 1. The van der Waals surface area contributed by atoms with E-state index in [1.807, 2.05) is 19.1 Å². The molecular weight excluding hydrogens is 392 g/mol. The Morgan fingerprint density at radius 3 is 2.61 bits per heavy atom. The third kappa shape index (κ3) is 7.05. The Kier molecular flexibility index (Phi) is 9.75. The molecule has 158 valence electrons. The standard InChI is InChI=1S/C21H35ClN4OS/c1-5-23-21(25-18-8-7-9-19(14-18)28(27)6-2)24-15-20(26(3)4)16-10-12-17(22)13-11-16/h10-13,18-20H,5-9,14-15H2,1-4H3,(H2,23,24,25). The first-order valence-electron chi connectivity index (χ1n) is 10.3. The summed E-state index contributed by atoms with van der Waals surface area (Å²) in [6, 6.07) is 8.50. The van der Waals surface area contributed by atoms with E-state index in [0.29, 0.717) is 17.8 Å². The van der Waals surface area contributed by atoms with Gasteiger partial charge in [-0.05, 0) is 58.0 Å². The summed E-state index contributed by atoms with van der Waals surface area (Å²) in [4.78, 5) is 7.04. The highest BCUT2D eigenvalue weighted by atomic mass is 35.5. The van der Waals surface area contributed by atoms with Crippen LogP contribution in [0, 0.1) is 0 Å². The van der Waals surface area contributed by atoms with Crippen LogP contribution < -0.4 is 10.6 Å². The van der Waals surface area contributed by atoms with Gasteiger partial charge in [0, 0.05) is 39.4 Å². The van der Waals surface area contributed by atoms with Crippen LogP contribution in [0.5, 0.6) is 0 Å². The highest BCUT2D eigenvalue weighted by molar-refractivity contribution is 7.85. The van der Waals surface area contributed by atoms with Crippen LogP contribution in [0.15, 0.2) is 29.3 Å². The second-order valence-electron chi connectivity index (χ2n) is 7.55. The van der Waals surface area contributed by atoms with E-state index >= 15 is 0 Å². The molecular formula is C21H35ClN4OS. The molecule has 0 spiro atoms. The summed E-state index contributed by atoms with van der Waals surface area (Å²) < 4.78 is 12.2. The fourth-order valence-electron chi connectivity index (χ4n) is 3.69. The predicted octanol–water partition coefficient (Wildman–Crippen LogP) is 3.58. The molecule has 0 amide bonds.